The maximum atomic E-state index is 14.7. The number of imidazole rings is 1. The van der Waals surface area contributed by atoms with Crippen molar-refractivity contribution in [3.63, 3.8) is 0 Å². The Morgan fingerprint density at radius 3 is 2.41 bits per heavy atom. The van der Waals surface area contributed by atoms with Crippen molar-refractivity contribution in [1.29, 1.82) is 0 Å². The highest BCUT2D eigenvalue weighted by Crippen LogP contribution is 2.33. The predicted molar refractivity (Wildman–Crippen MR) is 138 cm³/mol. The molecule has 5 aromatic rings. The van der Waals surface area contributed by atoms with Crippen LogP contribution >= 0.6 is 0 Å². The Morgan fingerprint density at radius 1 is 1.00 bits per heavy atom. The molecule has 0 saturated carbocycles. The van der Waals surface area contributed by atoms with Crippen LogP contribution in [0, 0.1) is 5.82 Å². The first kappa shape index (κ1) is 26.1. The summed E-state index contributed by atoms with van der Waals surface area (Å²) < 4.78 is 62.7. The molecule has 0 aliphatic rings. The molecule has 0 fully saturated rings. The summed E-state index contributed by atoms with van der Waals surface area (Å²) in [5.41, 5.74) is 0.293. The van der Waals surface area contributed by atoms with Gasteiger partial charge in [0.05, 0.1) is 19.2 Å². The minimum atomic E-state index is -4.56. The van der Waals surface area contributed by atoms with Gasteiger partial charge >= 0.3 is 6.18 Å². The number of pyridine rings is 1. The van der Waals surface area contributed by atoms with Crippen LogP contribution in [0.15, 0.2) is 71.8 Å². The summed E-state index contributed by atoms with van der Waals surface area (Å²) >= 11 is 0. The molecule has 39 heavy (non-hydrogen) atoms. The molecule has 0 spiro atoms. The van der Waals surface area contributed by atoms with Gasteiger partial charge in [0, 0.05) is 35.5 Å². The van der Waals surface area contributed by atoms with Gasteiger partial charge in [0.1, 0.15) is 23.0 Å². The zero-order valence-electron chi connectivity index (χ0n) is 21.2. The molecule has 0 amide bonds. The van der Waals surface area contributed by atoms with Gasteiger partial charge in [-0.3, -0.25) is 9.36 Å². The second kappa shape index (κ2) is 9.97. The highest BCUT2D eigenvalue weighted by Gasteiger charge is 2.35. The number of nitrogens with zero attached hydrogens (tertiary/aromatic N) is 5. The molecule has 3 heterocycles. The molecule has 7 nitrogen and oxygen atoms in total. The van der Waals surface area contributed by atoms with E-state index < -0.39 is 17.7 Å². The fourth-order valence-electron chi connectivity index (χ4n) is 4.32. The van der Waals surface area contributed by atoms with Gasteiger partial charge in [-0.25, -0.2) is 19.3 Å². The summed E-state index contributed by atoms with van der Waals surface area (Å²) in [7, 11) is 1.41. The van der Waals surface area contributed by atoms with Crippen molar-refractivity contribution < 1.29 is 22.3 Å². The van der Waals surface area contributed by atoms with Gasteiger partial charge in [0.25, 0.3) is 5.56 Å². The number of methoxy groups -OCH3 is 1. The Hall–Kier alpha value is -4.54. The smallest absolute Gasteiger partial charge is 0.434 e. The van der Waals surface area contributed by atoms with Crippen molar-refractivity contribution in [1.82, 2.24) is 24.1 Å². The molecular weight excluding hydrogens is 514 g/mol. The maximum absolute atomic E-state index is 14.7. The summed E-state index contributed by atoms with van der Waals surface area (Å²) in [5, 5.41) is 0.573. The van der Waals surface area contributed by atoms with E-state index in [0.29, 0.717) is 22.2 Å². The number of rotatable bonds is 6. The second-order valence-corrected chi connectivity index (χ2v) is 9.19. The zero-order valence-corrected chi connectivity index (χ0v) is 21.2. The summed E-state index contributed by atoms with van der Waals surface area (Å²) in [5.74, 6) is -0.0543. The maximum Gasteiger partial charge on any atom is 0.434 e. The SMILES string of the molecule is COc1cccc(F)c1-c1ncc2ccc(=O)n(Cc3ccc(-c4nc(C(F)(F)F)cn4C(C)C)cc3)c2n1. The fourth-order valence-corrected chi connectivity index (χ4v) is 4.32. The average molecular weight is 538 g/mol. The molecule has 0 unspecified atom stereocenters. The number of hydrogen-bond donors (Lipinski definition) is 0. The highest BCUT2D eigenvalue weighted by atomic mass is 19.4. The minimum Gasteiger partial charge on any atom is -0.496 e. The number of halogens is 4. The van der Waals surface area contributed by atoms with Crippen LogP contribution in [-0.4, -0.2) is 31.2 Å². The molecule has 3 aromatic heterocycles. The van der Waals surface area contributed by atoms with E-state index in [1.165, 1.54) is 40.6 Å². The topological polar surface area (TPSA) is 74.8 Å². The Labute approximate surface area is 220 Å². The van der Waals surface area contributed by atoms with Gasteiger partial charge in [-0.1, -0.05) is 30.3 Å². The molecular formula is C28H23F4N5O2. The van der Waals surface area contributed by atoms with Gasteiger partial charge in [0.15, 0.2) is 11.5 Å². The molecule has 0 N–H and O–H groups in total. The van der Waals surface area contributed by atoms with E-state index in [2.05, 4.69) is 15.0 Å². The Kier molecular flexibility index (Phi) is 6.67. The van der Waals surface area contributed by atoms with Crippen molar-refractivity contribution >= 4 is 11.0 Å². The quantitative estimate of drug-likeness (QED) is 0.244. The van der Waals surface area contributed by atoms with Gasteiger partial charge in [-0.15, -0.1) is 0 Å². The Morgan fingerprint density at radius 2 is 1.74 bits per heavy atom. The molecule has 0 saturated heterocycles. The standard InChI is InChI=1S/C28H23F4N5O2/c1-16(2)36-15-22(28(30,31)32)34-26(36)18-9-7-17(8-10-18)14-37-23(38)12-11-19-13-33-25(35-27(19)37)24-20(29)5-4-6-21(24)39-3/h4-13,15-16H,14H2,1-3H3. The molecule has 0 aliphatic carbocycles. The molecule has 0 radical (unpaired) electrons. The lowest BCUT2D eigenvalue weighted by atomic mass is 10.1. The van der Waals surface area contributed by atoms with E-state index in [-0.39, 0.29) is 41.1 Å². The zero-order chi connectivity index (χ0) is 27.9. The second-order valence-electron chi connectivity index (χ2n) is 9.19. The third-order valence-corrected chi connectivity index (χ3v) is 6.27. The van der Waals surface area contributed by atoms with E-state index in [1.54, 1.807) is 50.2 Å². The fraction of sp³-hybridized carbons (Fsp3) is 0.214. The third-order valence-electron chi connectivity index (χ3n) is 6.27. The van der Waals surface area contributed by atoms with Crippen LogP contribution in [-0.2, 0) is 12.7 Å². The van der Waals surface area contributed by atoms with E-state index in [1.807, 2.05) is 0 Å². The lowest BCUT2D eigenvalue weighted by Gasteiger charge is -2.13. The molecule has 11 heteroatoms. The first-order valence-corrected chi connectivity index (χ1v) is 12.0. The Bertz CT molecular complexity index is 1720. The number of benzene rings is 2. The third kappa shape index (κ3) is 4.99. The summed E-state index contributed by atoms with van der Waals surface area (Å²) in [6.07, 6.45) is -2.05. The van der Waals surface area contributed by atoms with Crippen LogP contribution < -0.4 is 10.3 Å². The van der Waals surface area contributed by atoms with Crippen molar-refractivity contribution in [3.05, 3.63) is 94.4 Å². The number of ether oxygens (including phenoxy) is 1. The lowest BCUT2D eigenvalue weighted by molar-refractivity contribution is -0.140. The largest absolute Gasteiger partial charge is 0.496 e. The van der Waals surface area contributed by atoms with Crippen LogP contribution in [0.3, 0.4) is 0 Å². The summed E-state index contributed by atoms with van der Waals surface area (Å²) in [6.45, 7) is 3.67. The van der Waals surface area contributed by atoms with E-state index in [9.17, 15) is 22.4 Å². The van der Waals surface area contributed by atoms with Gasteiger partial charge in [-0.2, -0.15) is 13.2 Å². The average Bonchev–Trinajstić information content (AvgIpc) is 3.37. The van der Waals surface area contributed by atoms with Crippen molar-refractivity contribution in [2.75, 3.05) is 7.11 Å². The lowest BCUT2D eigenvalue weighted by Crippen LogP contribution is -2.21. The van der Waals surface area contributed by atoms with Crippen LogP contribution in [0.25, 0.3) is 33.8 Å². The van der Waals surface area contributed by atoms with Gasteiger partial charge < -0.3 is 9.30 Å². The van der Waals surface area contributed by atoms with Crippen molar-refractivity contribution in [2.45, 2.75) is 32.6 Å². The number of fused-ring (bicyclic) bond motifs is 1. The number of hydrogen-bond acceptors (Lipinski definition) is 5. The molecule has 5 rings (SSSR count). The normalized spacial score (nSPS) is 11.9. The molecule has 2 aromatic carbocycles. The van der Waals surface area contributed by atoms with Crippen LogP contribution in [0.4, 0.5) is 17.6 Å². The number of aromatic nitrogens is 5. The first-order valence-electron chi connectivity index (χ1n) is 12.0. The minimum absolute atomic E-state index is 0.0631. The predicted octanol–water partition coefficient (Wildman–Crippen LogP) is 6.12. The molecule has 0 atom stereocenters. The van der Waals surface area contributed by atoms with E-state index in [4.69, 9.17) is 4.74 Å². The van der Waals surface area contributed by atoms with E-state index in [0.717, 1.165) is 6.20 Å². The monoisotopic (exact) mass is 537 g/mol. The van der Waals surface area contributed by atoms with Crippen LogP contribution in [0.1, 0.15) is 31.1 Å². The van der Waals surface area contributed by atoms with E-state index >= 15 is 0 Å². The van der Waals surface area contributed by atoms with Crippen LogP contribution in [0.5, 0.6) is 5.75 Å². The first-order chi connectivity index (χ1) is 18.6. The van der Waals surface area contributed by atoms with Crippen molar-refractivity contribution in [2.24, 2.45) is 0 Å². The van der Waals surface area contributed by atoms with Crippen molar-refractivity contribution in [3.8, 4) is 28.5 Å². The summed E-state index contributed by atoms with van der Waals surface area (Å²) in [4.78, 5) is 25.5. The van der Waals surface area contributed by atoms with Gasteiger partial charge in [0.2, 0.25) is 0 Å². The summed E-state index contributed by atoms with van der Waals surface area (Å²) in [6, 6.07) is 13.9. The van der Waals surface area contributed by atoms with Crippen LogP contribution in [0.2, 0.25) is 0 Å². The number of alkyl halides is 3. The molecule has 0 bridgehead atoms. The Balaban J connectivity index is 1.53. The van der Waals surface area contributed by atoms with Gasteiger partial charge in [-0.05, 0) is 37.6 Å². The molecule has 200 valence electrons. The molecule has 0 aliphatic heterocycles. The highest BCUT2D eigenvalue weighted by molar-refractivity contribution is 5.77.